The van der Waals surface area contributed by atoms with E-state index in [9.17, 15) is 0 Å². The van der Waals surface area contributed by atoms with Crippen molar-refractivity contribution >= 4 is 10.9 Å². The van der Waals surface area contributed by atoms with Crippen LogP contribution < -0.4 is 0 Å². The van der Waals surface area contributed by atoms with E-state index in [1.165, 1.54) is 22.0 Å². The SMILES string of the molecule is CCCc1nnc(-c2cc3ccccc3n2Cc2cccc(C)c2)o1. The molecule has 0 spiro atoms. The van der Waals surface area contributed by atoms with Gasteiger partial charge < -0.3 is 8.98 Å². The molecule has 0 saturated carbocycles. The molecule has 4 heteroatoms. The molecule has 4 rings (SSSR count). The van der Waals surface area contributed by atoms with E-state index in [1.807, 2.05) is 0 Å². The molecule has 4 nitrogen and oxygen atoms in total. The van der Waals surface area contributed by atoms with Gasteiger partial charge in [-0.2, -0.15) is 0 Å². The molecule has 0 atom stereocenters. The van der Waals surface area contributed by atoms with Gasteiger partial charge in [-0.25, -0.2) is 0 Å². The maximum absolute atomic E-state index is 5.90. The van der Waals surface area contributed by atoms with Crippen molar-refractivity contribution in [1.29, 1.82) is 0 Å². The lowest BCUT2D eigenvalue weighted by Gasteiger charge is -2.09. The smallest absolute Gasteiger partial charge is 0.264 e. The highest BCUT2D eigenvalue weighted by Crippen LogP contribution is 2.28. The standard InChI is InChI=1S/C21H21N3O/c1-3-7-20-22-23-21(25-20)19-13-17-10-4-5-11-18(17)24(19)14-16-9-6-8-15(2)12-16/h4-6,8-13H,3,7,14H2,1-2H3. The van der Waals surface area contributed by atoms with E-state index in [4.69, 9.17) is 4.42 Å². The fraction of sp³-hybridized carbons (Fsp3) is 0.238. The molecule has 2 aromatic carbocycles. The van der Waals surface area contributed by atoms with E-state index in [1.54, 1.807) is 0 Å². The van der Waals surface area contributed by atoms with Gasteiger partial charge in [-0.3, -0.25) is 0 Å². The first-order valence-electron chi connectivity index (χ1n) is 8.71. The number of benzene rings is 2. The second-order valence-corrected chi connectivity index (χ2v) is 6.41. The zero-order valence-electron chi connectivity index (χ0n) is 14.6. The Morgan fingerprint density at radius 2 is 1.88 bits per heavy atom. The van der Waals surface area contributed by atoms with Crippen LogP contribution in [0.5, 0.6) is 0 Å². The van der Waals surface area contributed by atoms with Crippen LogP contribution in [0.4, 0.5) is 0 Å². The zero-order valence-corrected chi connectivity index (χ0v) is 14.6. The van der Waals surface area contributed by atoms with Crippen LogP contribution in [-0.2, 0) is 13.0 Å². The van der Waals surface area contributed by atoms with Gasteiger partial charge in [0.2, 0.25) is 5.89 Å². The first-order valence-corrected chi connectivity index (χ1v) is 8.71. The predicted molar refractivity (Wildman–Crippen MR) is 99.5 cm³/mol. The van der Waals surface area contributed by atoms with Gasteiger partial charge in [-0.05, 0) is 31.0 Å². The van der Waals surface area contributed by atoms with E-state index in [2.05, 4.69) is 83.2 Å². The predicted octanol–water partition coefficient (Wildman–Crippen LogP) is 5.00. The molecule has 25 heavy (non-hydrogen) atoms. The van der Waals surface area contributed by atoms with Crippen molar-refractivity contribution in [3.8, 4) is 11.6 Å². The van der Waals surface area contributed by atoms with Gasteiger partial charge in [-0.15, -0.1) is 10.2 Å². The van der Waals surface area contributed by atoms with E-state index in [0.717, 1.165) is 25.1 Å². The van der Waals surface area contributed by atoms with Gasteiger partial charge in [0.05, 0.1) is 0 Å². The summed E-state index contributed by atoms with van der Waals surface area (Å²) in [4.78, 5) is 0. The monoisotopic (exact) mass is 331 g/mol. The van der Waals surface area contributed by atoms with Crippen molar-refractivity contribution in [2.75, 3.05) is 0 Å². The van der Waals surface area contributed by atoms with E-state index in [0.29, 0.717) is 11.8 Å². The normalized spacial score (nSPS) is 11.3. The maximum Gasteiger partial charge on any atom is 0.264 e. The molecule has 2 aromatic heterocycles. The largest absolute Gasteiger partial charge is 0.419 e. The fourth-order valence-electron chi connectivity index (χ4n) is 3.22. The highest BCUT2D eigenvalue weighted by molar-refractivity contribution is 5.85. The third-order valence-corrected chi connectivity index (χ3v) is 4.38. The summed E-state index contributed by atoms with van der Waals surface area (Å²) in [6.45, 7) is 5.00. The average molecular weight is 331 g/mol. The maximum atomic E-state index is 5.90. The summed E-state index contributed by atoms with van der Waals surface area (Å²) in [5.41, 5.74) is 4.67. The molecule has 4 aromatic rings. The van der Waals surface area contributed by atoms with E-state index in [-0.39, 0.29) is 0 Å². The summed E-state index contributed by atoms with van der Waals surface area (Å²) < 4.78 is 8.16. The molecule has 0 saturated heterocycles. The Labute approximate surface area is 147 Å². The van der Waals surface area contributed by atoms with Gasteiger partial charge in [-0.1, -0.05) is 55.0 Å². The lowest BCUT2D eigenvalue weighted by molar-refractivity contribution is 0.498. The van der Waals surface area contributed by atoms with Gasteiger partial charge >= 0.3 is 0 Å². The number of para-hydroxylation sites is 1. The zero-order chi connectivity index (χ0) is 17.2. The van der Waals surface area contributed by atoms with Crippen LogP contribution in [0.2, 0.25) is 0 Å². The lowest BCUT2D eigenvalue weighted by atomic mass is 10.1. The number of nitrogens with zero attached hydrogens (tertiary/aromatic N) is 3. The summed E-state index contributed by atoms with van der Waals surface area (Å²) in [5.74, 6) is 1.29. The van der Waals surface area contributed by atoms with Crippen LogP contribution in [0, 0.1) is 6.92 Å². The van der Waals surface area contributed by atoms with Crippen molar-refractivity contribution in [2.24, 2.45) is 0 Å². The molecule has 0 bridgehead atoms. The second kappa shape index (κ2) is 6.55. The van der Waals surface area contributed by atoms with Crippen LogP contribution in [0.15, 0.2) is 59.0 Å². The molecular formula is C21H21N3O. The van der Waals surface area contributed by atoms with E-state index < -0.39 is 0 Å². The minimum absolute atomic E-state index is 0.590. The van der Waals surface area contributed by atoms with Crippen LogP contribution in [0.25, 0.3) is 22.5 Å². The molecule has 126 valence electrons. The van der Waals surface area contributed by atoms with Crippen LogP contribution in [0.1, 0.15) is 30.4 Å². The Hall–Kier alpha value is -2.88. The number of hydrogen-bond acceptors (Lipinski definition) is 3. The molecule has 0 fully saturated rings. The summed E-state index contributed by atoms with van der Waals surface area (Å²) in [7, 11) is 0. The highest BCUT2D eigenvalue weighted by Gasteiger charge is 2.16. The van der Waals surface area contributed by atoms with Gasteiger partial charge in [0.1, 0.15) is 5.69 Å². The third kappa shape index (κ3) is 3.07. The minimum Gasteiger partial charge on any atom is -0.419 e. The Balaban J connectivity index is 1.82. The van der Waals surface area contributed by atoms with Crippen LogP contribution in [0.3, 0.4) is 0 Å². The van der Waals surface area contributed by atoms with Crippen molar-refractivity contribution in [3.63, 3.8) is 0 Å². The molecule has 2 heterocycles. The van der Waals surface area contributed by atoms with Gasteiger partial charge in [0, 0.05) is 23.9 Å². The minimum atomic E-state index is 0.590. The second-order valence-electron chi connectivity index (χ2n) is 6.41. The highest BCUT2D eigenvalue weighted by atomic mass is 16.4. The first kappa shape index (κ1) is 15.6. The van der Waals surface area contributed by atoms with Crippen molar-refractivity contribution < 1.29 is 4.42 Å². The topological polar surface area (TPSA) is 43.9 Å². The van der Waals surface area contributed by atoms with Crippen molar-refractivity contribution in [2.45, 2.75) is 33.2 Å². The summed E-state index contributed by atoms with van der Waals surface area (Å²) >= 11 is 0. The van der Waals surface area contributed by atoms with Crippen LogP contribution in [-0.4, -0.2) is 14.8 Å². The summed E-state index contributed by atoms with van der Waals surface area (Å²) in [6.07, 6.45) is 1.80. The number of aryl methyl sites for hydroxylation is 2. The van der Waals surface area contributed by atoms with E-state index >= 15 is 0 Å². The molecule has 0 aliphatic carbocycles. The summed E-state index contributed by atoms with van der Waals surface area (Å²) in [6, 6.07) is 19.1. The Morgan fingerprint density at radius 3 is 2.72 bits per heavy atom. The van der Waals surface area contributed by atoms with Crippen molar-refractivity contribution in [3.05, 3.63) is 71.6 Å². The number of hydrogen-bond donors (Lipinski definition) is 0. The molecule has 0 unspecified atom stereocenters. The van der Waals surface area contributed by atoms with Crippen LogP contribution >= 0.6 is 0 Å². The molecule has 0 radical (unpaired) electrons. The Bertz CT molecular complexity index is 1010. The van der Waals surface area contributed by atoms with Gasteiger partial charge in [0.25, 0.3) is 5.89 Å². The Morgan fingerprint density at radius 1 is 1.00 bits per heavy atom. The number of fused-ring (bicyclic) bond motifs is 1. The molecule has 0 amide bonds. The van der Waals surface area contributed by atoms with Gasteiger partial charge in [0.15, 0.2) is 0 Å². The van der Waals surface area contributed by atoms with Crippen molar-refractivity contribution in [1.82, 2.24) is 14.8 Å². The third-order valence-electron chi connectivity index (χ3n) is 4.38. The quantitative estimate of drug-likeness (QED) is 0.517. The average Bonchev–Trinajstić information content (AvgIpc) is 3.20. The first-order chi connectivity index (χ1) is 12.2. The molecule has 0 aliphatic rings. The molecule has 0 aliphatic heterocycles. The molecule has 0 N–H and O–H groups in total. The molecular weight excluding hydrogens is 310 g/mol. The lowest BCUT2D eigenvalue weighted by Crippen LogP contribution is -2.02. The number of rotatable bonds is 5. The number of aromatic nitrogens is 3. The summed E-state index contributed by atoms with van der Waals surface area (Å²) in [5, 5.41) is 9.65. The Kier molecular flexibility index (Phi) is 4.10. The fourth-order valence-corrected chi connectivity index (χ4v) is 3.22.